The van der Waals surface area contributed by atoms with Gasteiger partial charge in [0.1, 0.15) is 5.82 Å². The van der Waals surface area contributed by atoms with E-state index in [1.807, 2.05) is 0 Å². The van der Waals surface area contributed by atoms with Crippen LogP contribution in [-0.4, -0.2) is 27.2 Å². The first-order valence-corrected chi connectivity index (χ1v) is 2.87. The van der Waals surface area contributed by atoms with Crippen molar-refractivity contribution in [2.75, 3.05) is 18.6 Å². The normalized spacial score (nSPS) is 8.27. The lowest BCUT2D eigenvalue weighted by Gasteiger charge is -1.93. The van der Waals surface area contributed by atoms with Gasteiger partial charge in [0.15, 0.2) is 0 Å². The molecule has 0 radical (unpaired) electrons. The Morgan fingerprint density at radius 3 is 1.64 bits per heavy atom. The summed E-state index contributed by atoms with van der Waals surface area (Å²) >= 11 is 0. The topological polar surface area (TPSA) is 111 Å². The summed E-state index contributed by atoms with van der Waals surface area (Å²) in [5.74, 6) is 0.875. The minimum Gasteiger partial charge on any atom is -0.400 e. The van der Waals surface area contributed by atoms with Crippen molar-refractivity contribution in [2.45, 2.75) is 6.92 Å². The zero-order valence-electron chi connectivity index (χ0n) is 6.44. The highest BCUT2D eigenvalue weighted by Crippen LogP contribution is 1.94. The molecule has 5 N–H and O–H groups in total. The molecule has 0 spiro atoms. The van der Waals surface area contributed by atoms with Crippen LogP contribution in [0.5, 0.6) is 0 Å². The molecule has 1 rings (SSSR count). The zero-order chi connectivity index (χ0) is 8.85. The molecule has 0 amide bonds. The fourth-order valence-electron chi connectivity index (χ4n) is 0.524. The summed E-state index contributed by atoms with van der Waals surface area (Å²) in [7, 11) is 1.00. The average molecular weight is 157 g/mol. The summed E-state index contributed by atoms with van der Waals surface area (Å²) in [5, 5.41) is 7.00. The fourth-order valence-corrected chi connectivity index (χ4v) is 0.524. The van der Waals surface area contributed by atoms with Crippen molar-refractivity contribution >= 4 is 11.9 Å². The van der Waals surface area contributed by atoms with Gasteiger partial charge in [-0.1, -0.05) is 0 Å². The van der Waals surface area contributed by atoms with E-state index in [1.165, 1.54) is 0 Å². The molecule has 0 atom stereocenters. The lowest BCUT2D eigenvalue weighted by Crippen LogP contribution is -2.03. The summed E-state index contributed by atoms with van der Waals surface area (Å²) in [6, 6.07) is 0. The van der Waals surface area contributed by atoms with Gasteiger partial charge in [0, 0.05) is 7.11 Å². The lowest BCUT2D eigenvalue weighted by atomic mass is 10.7. The third-order valence-corrected chi connectivity index (χ3v) is 0.782. The number of aliphatic hydroxyl groups is 1. The molecule has 11 heavy (non-hydrogen) atoms. The standard InChI is InChI=1S/C4H7N5.CH4O/c1-2-7-3(5)9-4(6)8-2;1-2/h1H3,(H4,5,6,7,8,9);2H,1H3. The van der Waals surface area contributed by atoms with E-state index < -0.39 is 0 Å². The van der Waals surface area contributed by atoms with Crippen LogP contribution in [0, 0.1) is 6.92 Å². The molecular formula is C5H11N5O. The van der Waals surface area contributed by atoms with Crippen LogP contribution < -0.4 is 11.5 Å². The van der Waals surface area contributed by atoms with E-state index in [0.29, 0.717) is 5.82 Å². The summed E-state index contributed by atoms with van der Waals surface area (Å²) in [6.45, 7) is 1.70. The molecule has 0 aliphatic heterocycles. The maximum Gasteiger partial charge on any atom is 0.225 e. The van der Waals surface area contributed by atoms with Gasteiger partial charge < -0.3 is 16.6 Å². The van der Waals surface area contributed by atoms with E-state index >= 15 is 0 Å². The van der Waals surface area contributed by atoms with Crippen molar-refractivity contribution in [3.63, 3.8) is 0 Å². The molecule has 1 heterocycles. The van der Waals surface area contributed by atoms with E-state index in [1.54, 1.807) is 6.92 Å². The molecule has 6 heteroatoms. The third kappa shape index (κ3) is 3.31. The molecular weight excluding hydrogens is 146 g/mol. The van der Waals surface area contributed by atoms with E-state index in [2.05, 4.69) is 15.0 Å². The highest BCUT2D eigenvalue weighted by molar-refractivity contribution is 5.25. The van der Waals surface area contributed by atoms with Gasteiger partial charge in [0.25, 0.3) is 0 Å². The van der Waals surface area contributed by atoms with Crippen LogP contribution in [0.3, 0.4) is 0 Å². The van der Waals surface area contributed by atoms with Gasteiger partial charge in [0.05, 0.1) is 0 Å². The van der Waals surface area contributed by atoms with Crippen molar-refractivity contribution < 1.29 is 5.11 Å². The molecule has 0 aromatic carbocycles. The van der Waals surface area contributed by atoms with Crippen molar-refractivity contribution in [2.24, 2.45) is 0 Å². The monoisotopic (exact) mass is 157 g/mol. The molecule has 0 unspecified atom stereocenters. The number of nitrogens with two attached hydrogens (primary N) is 2. The van der Waals surface area contributed by atoms with Crippen LogP contribution in [0.1, 0.15) is 5.82 Å². The first kappa shape index (κ1) is 9.57. The summed E-state index contributed by atoms with van der Waals surface area (Å²) < 4.78 is 0. The molecule has 1 aromatic heterocycles. The van der Waals surface area contributed by atoms with E-state index in [-0.39, 0.29) is 11.9 Å². The predicted molar refractivity (Wildman–Crippen MR) is 41.5 cm³/mol. The molecule has 6 nitrogen and oxygen atoms in total. The second-order valence-electron chi connectivity index (χ2n) is 1.60. The maximum atomic E-state index is 7.00. The first-order chi connectivity index (χ1) is 5.18. The smallest absolute Gasteiger partial charge is 0.225 e. The zero-order valence-corrected chi connectivity index (χ0v) is 6.44. The van der Waals surface area contributed by atoms with Crippen LogP contribution in [0.4, 0.5) is 11.9 Å². The summed E-state index contributed by atoms with van der Waals surface area (Å²) in [6.07, 6.45) is 0. The highest BCUT2D eigenvalue weighted by Gasteiger charge is 1.93. The summed E-state index contributed by atoms with van der Waals surface area (Å²) in [5.41, 5.74) is 10.4. The third-order valence-electron chi connectivity index (χ3n) is 0.782. The molecule has 1 aromatic rings. The van der Waals surface area contributed by atoms with Crippen LogP contribution in [0.25, 0.3) is 0 Å². The van der Waals surface area contributed by atoms with E-state index in [9.17, 15) is 0 Å². The van der Waals surface area contributed by atoms with Gasteiger partial charge in [0.2, 0.25) is 11.9 Å². The van der Waals surface area contributed by atoms with Gasteiger partial charge in [-0.2, -0.15) is 15.0 Å². The molecule has 0 aliphatic carbocycles. The van der Waals surface area contributed by atoms with Crippen molar-refractivity contribution in [3.8, 4) is 0 Å². The van der Waals surface area contributed by atoms with Crippen molar-refractivity contribution in [1.29, 1.82) is 0 Å². The summed E-state index contributed by atoms with van der Waals surface area (Å²) in [4.78, 5) is 11.0. The fraction of sp³-hybridized carbons (Fsp3) is 0.400. The number of rotatable bonds is 0. The van der Waals surface area contributed by atoms with Gasteiger partial charge >= 0.3 is 0 Å². The Morgan fingerprint density at radius 2 is 1.36 bits per heavy atom. The number of hydrogen-bond donors (Lipinski definition) is 3. The first-order valence-electron chi connectivity index (χ1n) is 2.87. The maximum absolute atomic E-state index is 7.00. The van der Waals surface area contributed by atoms with Crippen LogP contribution in [0.2, 0.25) is 0 Å². The SMILES string of the molecule is CO.Cc1nc(N)nc(N)n1. The van der Waals surface area contributed by atoms with E-state index in [4.69, 9.17) is 16.6 Å². The molecule has 0 bridgehead atoms. The van der Waals surface area contributed by atoms with Crippen molar-refractivity contribution in [3.05, 3.63) is 5.82 Å². The van der Waals surface area contributed by atoms with Gasteiger partial charge in [-0.25, -0.2) is 0 Å². The Balaban J connectivity index is 0.000000461. The number of anilines is 2. The second kappa shape index (κ2) is 4.40. The molecule has 0 saturated carbocycles. The largest absolute Gasteiger partial charge is 0.400 e. The Bertz CT molecular complexity index is 176. The second-order valence-corrected chi connectivity index (χ2v) is 1.60. The molecule has 62 valence electrons. The molecule has 0 saturated heterocycles. The van der Waals surface area contributed by atoms with Crippen LogP contribution in [0.15, 0.2) is 0 Å². The Morgan fingerprint density at radius 1 is 1.00 bits per heavy atom. The predicted octanol–water partition coefficient (Wildman–Crippen LogP) is -1.05. The number of nitrogens with zero attached hydrogens (tertiary/aromatic N) is 3. The quantitative estimate of drug-likeness (QED) is 0.443. The Labute approximate surface area is 64.3 Å². The number of aromatic nitrogens is 3. The minimum absolute atomic E-state index is 0.167. The minimum atomic E-state index is 0.167. The number of hydrogen-bond acceptors (Lipinski definition) is 6. The number of nitrogen functional groups attached to an aromatic ring is 2. The average Bonchev–Trinajstić information content (AvgIpc) is 1.88. The number of aryl methyl sites for hydroxylation is 1. The van der Waals surface area contributed by atoms with Gasteiger partial charge in [-0.15, -0.1) is 0 Å². The van der Waals surface area contributed by atoms with Crippen LogP contribution in [-0.2, 0) is 0 Å². The van der Waals surface area contributed by atoms with Gasteiger partial charge in [-0.05, 0) is 6.92 Å². The Kier molecular flexibility index (Phi) is 3.82. The lowest BCUT2D eigenvalue weighted by molar-refractivity contribution is 0.399. The highest BCUT2D eigenvalue weighted by atomic mass is 16.2. The molecule has 0 aliphatic rings. The van der Waals surface area contributed by atoms with Crippen LogP contribution >= 0.6 is 0 Å². The number of aliphatic hydroxyl groups excluding tert-OH is 1. The van der Waals surface area contributed by atoms with E-state index in [0.717, 1.165) is 7.11 Å². The molecule has 0 fully saturated rings. The van der Waals surface area contributed by atoms with Gasteiger partial charge in [-0.3, -0.25) is 0 Å². The Hall–Kier alpha value is -1.43. The van der Waals surface area contributed by atoms with Crippen molar-refractivity contribution in [1.82, 2.24) is 15.0 Å².